The third kappa shape index (κ3) is 2.69. The minimum absolute atomic E-state index is 0.0472. The highest BCUT2D eigenvalue weighted by atomic mass is 32.2. The number of hydrogen-bond acceptors (Lipinski definition) is 2. The molecular weight excluding hydrogens is 357 g/mol. The molecule has 0 amide bonds. The topological polar surface area (TPSA) is 32.9 Å². The highest BCUT2D eigenvalue weighted by molar-refractivity contribution is 8.04. The lowest BCUT2D eigenvalue weighted by Gasteiger charge is -2.03. The van der Waals surface area contributed by atoms with Gasteiger partial charge < -0.3 is 4.98 Å². The summed E-state index contributed by atoms with van der Waals surface area (Å²) in [6.45, 7) is 0. The van der Waals surface area contributed by atoms with E-state index in [1.165, 1.54) is 23.9 Å². The Labute approximate surface area is 159 Å². The minimum atomic E-state index is -0.272. The Morgan fingerprint density at radius 1 is 0.889 bits per heavy atom. The molecule has 0 fully saturated rings. The average molecular weight is 371 g/mol. The lowest BCUT2D eigenvalue weighted by molar-refractivity contribution is 0.104. The molecule has 0 bridgehead atoms. The molecule has 0 aliphatic carbocycles. The molecule has 0 spiro atoms. The van der Waals surface area contributed by atoms with E-state index in [0.717, 1.165) is 38.2 Å². The van der Waals surface area contributed by atoms with Gasteiger partial charge in [0.15, 0.2) is 0 Å². The maximum absolute atomic E-state index is 13.4. The second-order valence-corrected chi connectivity index (χ2v) is 7.49. The van der Waals surface area contributed by atoms with E-state index >= 15 is 0 Å². The number of Topliss-reactive ketones (excluding diaryl/α,β-unsaturated/α-hetero) is 1. The van der Waals surface area contributed by atoms with Crippen LogP contribution in [0.2, 0.25) is 0 Å². The molecule has 130 valence electrons. The van der Waals surface area contributed by atoms with E-state index in [0.29, 0.717) is 4.91 Å². The Kier molecular flexibility index (Phi) is 3.73. The molecule has 1 aromatic heterocycles. The molecule has 1 N–H and O–H groups in total. The quantitative estimate of drug-likeness (QED) is 0.419. The Hall–Kier alpha value is -3.11. The Balaban J connectivity index is 1.70. The third-order valence-electron chi connectivity index (χ3n) is 4.73. The molecule has 3 aromatic carbocycles. The number of allylic oxidation sites excluding steroid dienone is 1. The first kappa shape index (κ1) is 16.1. The van der Waals surface area contributed by atoms with Crippen LogP contribution in [-0.2, 0) is 0 Å². The van der Waals surface area contributed by atoms with Gasteiger partial charge in [0.1, 0.15) is 5.82 Å². The molecular formula is C23H14FNOS. The number of carbonyl (C=O) groups excluding carboxylic acids is 1. The van der Waals surface area contributed by atoms with E-state index in [9.17, 15) is 9.18 Å². The van der Waals surface area contributed by atoms with Crippen molar-refractivity contribution in [3.8, 4) is 11.3 Å². The number of aromatic amines is 1. The Morgan fingerprint density at radius 2 is 1.63 bits per heavy atom. The number of H-pyrrole nitrogens is 1. The van der Waals surface area contributed by atoms with Crippen molar-refractivity contribution in [1.29, 1.82) is 0 Å². The van der Waals surface area contributed by atoms with Crippen molar-refractivity contribution in [2.24, 2.45) is 0 Å². The predicted molar refractivity (Wildman–Crippen MR) is 108 cm³/mol. The van der Waals surface area contributed by atoms with Gasteiger partial charge in [-0.1, -0.05) is 42.1 Å². The van der Waals surface area contributed by atoms with Crippen molar-refractivity contribution in [2.75, 3.05) is 0 Å². The number of aromatic nitrogens is 1. The predicted octanol–water partition coefficient (Wildman–Crippen LogP) is 6.30. The summed E-state index contributed by atoms with van der Waals surface area (Å²) in [6, 6.07) is 22.0. The molecule has 5 rings (SSSR count). The van der Waals surface area contributed by atoms with Crippen molar-refractivity contribution in [3.63, 3.8) is 0 Å². The highest BCUT2D eigenvalue weighted by Gasteiger charge is 2.26. The average Bonchev–Trinajstić information content (AvgIpc) is 3.22. The van der Waals surface area contributed by atoms with Crippen molar-refractivity contribution in [2.45, 2.75) is 4.90 Å². The van der Waals surface area contributed by atoms with E-state index in [1.807, 2.05) is 54.6 Å². The second kappa shape index (κ2) is 6.25. The number of fused-ring (bicyclic) bond motifs is 2. The van der Waals surface area contributed by atoms with Gasteiger partial charge in [-0.05, 0) is 54.1 Å². The molecule has 0 atom stereocenters. The molecule has 2 heterocycles. The number of carbonyl (C=O) groups is 1. The monoisotopic (exact) mass is 371 g/mol. The normalized spacial score (nSPS) is 14.9. The van der Waals surface area contributed by atoms with Crippen LogP contribution in [0.5, 0.6) is 0 Å². The molecule has 4 aromatic rings. The molecule has 2 nitrogen and oxygen atoms in total. The number of nitrogens with one attached hydrogen (secondary N) is 1. The summed E-state index contributed by atoms with van der Waals surface area (Å²) in [4.78, 5) is 17.9. The summed E-state index contributed by atoms with van der Waals surface area (Å²) in [7, 11) is 0. The zero-order valence-corrected chi connectivity index (χ0v) is 15.0. The van der Waals surface area contributed by atoms with Gasteiger partial charge in [-0.3, -0.25) is 4.79 Å². The van der Waals surface area contributed by atoms with Crippen LogP contribution < -0.4 is 0 Å². The van der Waals surface area contributed by atoms with Gasteiger partial charge >= 0.3 is 0 Å². The molecule has 0 unspecified atom stereocenters. The summed E-state index contributed by atoms with van der Waals surface area (Å²) in [5.74, 6) is -0.224. The van der Waals surface area contributed by atoms with Crippen molar-refractivity contribution in [3.05, 3.63) is 94.6 Å². The van der Waals surface area contributed by atoms with E-state index in [1.54, 1.807) is 12.1 Å². The largest absolute Gasteiger partial charge is 0.354 e. The summed E-state index contributed by atoms with van der Waals surface area (Å²) < 4.78 is 13.4. The lowest BCUT2D eigenvalue weighted by Crippen LogP contribution is -1.93. The zero-order chi connectivity index (χ0) is 18.4. The highest BCUT2D eigenvalue weighted by Crippen LogP contribution is 2.42. The van der Waals surface area contributed by atoms with Crippen LogP contribution in [0.3, 0.4) is 0 Å². The van der Waals surface area contributed by atoms with Crippen LogP contribution in [0.15, 0.2) is 82.6 Å². The van der Waals surface area contributed by atoms with E-state index in [2.05, 4.69) is 4.98 Å². The number of benzene rings is 3. The second-order valence-electron chi connectivity index (χ2n) is 6.40. The molecule has 0 radical (unpaired) electrons. The van der Waals surface area contributed by atoms with E-state index < -0.39 is 0 Å². The Morgan fingerprint density at radius 3 is 2.44 bits per heavy atom. The first-order valence-electron chi connectivity index (χ1n) is 8.60. The summed E-state index contributed by atoms with van der Waals surface area (Å²) >= 11 is 1.50. The van der Waals surface area contributed by atoms with Crippen LogP contribution in [0, 0.1) is 5.82 Å². The van der Waals surface area contributed by atoms with Crippen LogP contribution in [0.1, 0.15) is 15.9 Å². The van der Waals surface area contributed by atoms with Crippen molar-refractivity contribution < 1.29 is 9.18 Å². The van der Waals surface area contributed by atoms with Gasteiger partial charge in [-0.25, -0.2) is 4.39 Å². The van der Waals surface area contributed by atoms with Gasteiger partial charge in [0.2, 0.25) is 5.78 Å². The first-order chi connectivity index (χ1) is 13.2. The van der Waals surface area contributed by atoms with Gasteiger partial charge in [-0.2, -0.15) is 0 Å². The number of thioether (sulfide) groups is 1. The maximum atomic E-state index is 13.4. The maximum Gasteiger partial charge on any atom is 0.200 e. The number of hydrogen-bond donors (Lipinski definition) is 1. The standard InChI is InChI=1S/C23H14FNOS/c24-15-11-9-14(10-12-15)22-18(16-5-1-3-7-19(16)25-22)13-21-23(26)17-6-2-4-8-20(17)27-21/h1-13,25H/b21-13-. The number of para-hydroxylation sites is 1. The fourth-order valence-electron chi connectivity index (χ4n) is 3.42. The molecule has 1 aliphatic heterocycles. The van der Waals surface area contributed by atoms with Crippen LogP contribution in [0.25, 0.3) is 28.2 Å². The van der Waals surface area contributed by atoms with Crippen molar-refractivity contribution in [1.82, 2.24) is 4.98 Å². The third-order valence-corrected chi connectivity index (χ3v) is 5.83. The van der Waals surface area contributed by atoms with Gasteiger partial charge in [-0.15, -0.1) is 0 Å². The summed E-state index contributed by atoms with van der Waals surface area (Å²) in [6.07, 6.45) is 1.95. The molecule has 0 saturated heterocycles. The van der Waals surface area contributed by atoms with Gasteiger partial charge in [0.05, 0.1) is 10.6 Å². The molecule has 1 aliphatic rings. The SMILES string of the molecule is O=C1/C(=C/c2c(-c3ccc(F)cc3)[nH]c3ccccc23)Sc2ccccc21. The number of halogens is 1. The minimum Gasteiger partial charge on any atom is -0.354 e. The lowest BCUT2D eigenvalue weighted by atomic mass is 10.0. The van der Waals surface area contributed by atoms with Gasteiger partial charge in [0.25, 0.3) is 0 Å². The Bertz CT molecular complexity index is 1220. The first-order valence-corrected chi connectivity index (χ1v) is 9.42. The van der Waals surface area contributed by atoms with Gasteiger partial charge in [0, 0.05) is 26.9 Å². The molecule has 27 heavy (non-hydrogen) atoms. The smallest absolute Gasteiger partial charge is 0.200 e. The number of ketones is 1. The fraction of sp³-hybridized carbons (Fsp3) is 0. The van der Waals surface area contributed by atoms with Crippen LogP contribution in [-0.4, -0.2) is 10.8 Å². The van der Waals surface area contributed by atoms with Crippen molar-refractivity contribution >= 4 is 34.5 Å². The van der Waals surface area contributed by atoms with Crippen LogP contribution >= 0.6 is 11.8 Å². The molecule has 4 heteroatoms. The molecule has 0 saturated carbocycles. The number of rotatable bonds is 2. The van der Waals surface area contributed by atoms with E-state index in [4.69, 9.17) is 0 Å². The van der Waals surface area contributed by atoms with E-state index in [-0.39, 0.29) is 11.6 Å². The zero-order valence-electron chi connectivity index (χ0n) is 14.2. The fourth-order valence-corrected chi connectivity index (χ4v) is 4.46. The van der Waals surface area contributed by atoms with Crippen LogP contribution in [0.4, 0.5) is 4.39 Å². The summed E-state index contributed by atoms with van der Waals surface area (Å²) in [5, 5.41) is 1.04. The summed E-state index contributed by atoms with van der Waals surface area (Å²) in [5.41, 5.74) is 4.44.